The topological polar surface area (TPSA) is 71.3 Å². The van der Waals surface area contributed by atoms with E-state index in [0.29, 0.717) is 5.52 Å². The van der Waals surface area contributed by atoms with E-state index in [4.69, 9.17) is 0 Å². The summed E-state index contributed by atoms with van der Waals surface area (Å²) in [5.74, 6) is -1.51. The van der Waals surface area contributed by atoms with Crippen molar-refractivity contribution >= 4 is 22.5 Å². The highest BCUT2D eigenvalue weighted by molar-refractivity contribution is 6.09. The van der Waals surface area contributed by atoms with Crippen LogP contribution in [0.25, 0.3) is 10.9 Å². The lowest BCUT2D eigenvalue weighted by molar-refractivity contribution is -0.137. The molecule has 5 nitrogen and oxygen atoms in total. The van der Waals surface area contributed by atoms with Gasteiger partial charge in [0.1, 0.15) is 11.3 Å². The molecule has 2 N–H and O–H groups in total. The predicted molar refractivity (Wildman–Crippen MR) is 90.3 cm³/mol. The van der Waals surface area contributed by atoms with Gasteiger partial charge in [-0.05, 0) is 30.3 Å². The number of aryl methyl sites for hydroxylation is 1. The maximum atomic E-state index is 12.8. The van der Waals surface area contributed by atoms with Gasteiger partial charge in [-0.3, -0.25) is 9.59 Å². The number of rotatable bonds is 2. The van der Waals surface area contributed by atoms with Gasteiger partial charge in [-0.2, -0.15) is 13.2 Å². The minimum absolute atomic E-state index is 0.139. The third kappa shape index (κ3) is 3.01. The smallest absolute Gasteiger partial charge is 0.416 e. The van der Waals surface area contributed by atoms with Gasteiger partial charge in [0, 0.05) is 18.1 Å². The average Bonchev–Trinajstić information content (AvgIpc) is 2.59. The van der Waals surface area contributed by atoms with Gasteiger partial charge in [-0.1, -0.05) is 18.2 Å². The molecule has 134 valence electrons. The molecule has 26 heavy (non-hydrogen) atoms. The third-order valence-electron chi connectivity index (χ3n) is 3.95. The van der Waals surface area contributed by atoms with Crippen LogP contribution in [-0.2, 0) is 13.2 Å². The van der Waals surface area contributed by atoms with Crippen LogP contribution in [0.2, 0.25) is 0 Å². The Morgan fingerprint density at radius 2 is 1.81 bits per heavy atom. The van der Waals surface area contributed by atoms with Crippen LogP contribution in [0.3, 0.4) is 0 Å². The number of hydrogen-bond donors (Lipinski definition) is 2. The largest absolute Gasteiger partial charge is 0.506 e. The van der Waals surface area contributed by atoms with Crippen molar-refractivity contribution in [1.29, 1.82) is 0 Å². The number of fused-ring (bicyclic) bond motifs is 1. The molecule has 2 aromatic carbocycles. The number of halogens is 3. The Kier molecular flexibility index (Phi) is 4.19. The molecule has 0 bridgehead atoms. The standard InChI is InChI=1S/C18H13F3N2O3/c1-23-13-8-3-2-7-12(13)15(24)14(17(23)26)16(25)22-11-6-4-5-10(9-11)18(19,20)21/h2-9,24H,1H3,(H,22,25). The lowest BCUT2D eigenvalue weighted by Gasteiger charge is -2.13. The van der Waals surface area contributed by atoms with Crippen LogP contribution in [-0.4, -0.2) is 15.6 Å². The molecule has 1 aromatic heterocycles. The number of aromatic hydroxyl groups is 1. The summed E-state index contributed by atoms with van der Waals surface area (Å²) in [6.07, 6.45) is -4.57. The molecule has 0 spiro atoms. The second-order valence-corrected chi connectivity index (χ2v) is 5.64. The molecule has 8 heteroatoms. The summed E-state index contributed by atoms with van der Waals surface area (Å²) < 4.78 is 39.5. The Morgan fingerprint density at radius 3 is 2.50 bits per heavy atom. The van der Waals surface area contributed by atoms with Crippen molar-refractivity contribution in [3.63, 3.8) is 0 Å². The molecule has 1 amide bonds. The van der Waals surface area contributed by atoms with E-state index in [0.717, 1.165) is 18.2 Å². The molecule has 3 rings (SSSR count). The first-order valence-corrected chi connectivity index (χ1v) is 7.49. The van der Waals surface area contributed by atoms with E-state index in [9.17, 15) is 27.9 Å². The SMILES string of the molecule is Cn1c(=O)c(C(=O)Nc2cccc(C(F)(F)F)c2)c(O)c2ccccc21. The molecule has 1 heterocycles. The molecular formula is C18H13F3N2O3. The van der Waals surface area contributed by atoms with Crippen molar-refractivity contribution in [2.75, 3.05) is 5.32 Å². The fraction of sp³-hybridized carbons (Fsp3) is 0.111. The average molecular weight is 362 g/mol. The van der Waals surface area contributed by atoms with Crippen LogP contribution in [0.5, 0.6) is 5.75 Å². The highest BCUT2D eigenvalue weighted by Gasteiger charge is 2.30. The van der Waals surface area contributed by atoms with Crippen LogP contribution in [0.1, 0.15) is 15.9 Å². The number of benzene rings is 2. The zero-order valence-electron chi connectivity index (χ0n) is 13.5. The summed E-state index contributed by atoms with van der Waals surface area (Å²) >= 11 is 0. The molecule has 3 aromatic rings. The summed E-state index contributed by atoms with van der Waals surface area (Å²) in [7, 11) is 1.44. The summed E-state index contributed by atoms with van der Waals surface area (Å²) in [6, 6.07) is 10.4. The summed E-state index contributed by atoms with van der Waals surface area (Å²) in [6.45, 7) is 0. The second-order valence-electron chi connectivity index (χ2n) is 5.64. The van der Waals surface area contributed by atoms with Crippen LogP contribution in [0.4, 0.5) is 18.9 Å². The van der Waals surface area contributed by atoms with Crippen LogP contribution < -0.4 is 10.9 Å². The Bertz CT molecular complexity index is 1070. The number of alkyl halides is 3. The highest BCUT2D eigenvalue weighted by Crippen LogP contribution is 2.31. The van der Waals surface area contributed by atoms with Crippen molar-refractivity contribution in [3.05, 3.63) is 70.0 Å². The van der Waals surface area contributed by atoms with Gasteiger partial charge in [0.25, 0.3) is 11.5 Å². The number of para-hydroxylation sites is 1. The zero-order chi connectivity index (χ0) is 19.1. The fourth-order valence-corrected chi connectivity index (χ4v) is 2.65. The van der Waals surface area contributed by atoms with E-state index < -0.39 is 34.5 Å². The molecule has 0 fully saturated rings. The predicted octanol–water partition coefficient (Wildman–Crippen LogP) is 3.52. The van der Waals surface area contributed by atoms with Crippen LogP contribution >= 0.6 is 0 Å². The lowest BCUT2D eigenvalue weighted by Crippen LogP contribution is -2.28. The van der Waals surface area contributed by atoms with Crippen molar-refractivity contribution in [3.8, 4) is 5.75 Å². The third-order valence-corrected chi connectivity index (χ3v) is 3.95. The van der Waals surface area contributed by atoms with E-state index in [1.165, 1.54) is 23.7 Å². The number of hydrogen-bond acceptors (Lipinski definition) is 3. The number of pyridine rings is 1. The maximum absolute atomic E-state index is 12.8. The number of carbonyl (C=O) groups is 1. The Morgan fingerprint density at radius 1 is 1.12 bits per heavy atom. The van der Waals surface area contributed by atoms with Crippen molar-refractivity contribution in [2.24, 2.45) is 7.05 Å². The van der Waals surface area contributed by atoms with E-state index in [1.54, 1.807) is 18.2 Å². The van der Waals surface area contributed by atoms with Gasteiger partial charge < -0.3 is 15.0 Å². The molecule has 0 unspecified atom stereocenters. The number of carbonyl (C=O) groups excluding carboxylic acids is 1. The zero-order valence-corrected chi connectivity index (χ0v) is 13.5. The van der Waals surface area contributed by atoms with Gasteiger partial charge in [0.15, 0.2) is 0 Å². The number of nitrogens with zero attached hydrogens (tertiary/aromatic N) is 1. The Hall–Kier alpha value is -3.29. The molecule has 0 aliphatic rings. The number of aromatic nitrogens is 1. The minimum Gasteiger partial charge on any atom is -0.506 e. The fourth-order valence-electron chi connectivity index (χ4n) is 2.65. The molecule has 0 saturated carbocycles. The van der Waals surface area contributed by atoms with E-state index >= 15 is 0 Å². The first-order chi connectivity index (χ1) is 12.2. The normalized spacial score (nSPS) is 11.5. The number of amides is 1. The van der Waals surface area contributed by atoms with E-state index in [1.807, 2.05) is 0 Å². The van der Waals surface area contributed by atoms with Gasteiger partial charge in [-0.25, -0.2) is 0 Å². The number of anilines is 1. The van der Waals surface area contributed by atoms with Crippen molar-refractivity contribution in [1.82, 2.24) is 4.57 Å². The number of nitrogens with one attached hydrogen (secondary N) is 1. The monoisotopic (exact) mass is 362 g/mol. The summed E-state index contributed by atoms with van der Waals surface area (Å²) in [5.41, 5.74) is -1.95. The lowest BCUT2D eigenvalue weighted by atomic mass is 10.1. The molecular weight excluding hydrogens is 349 g/mol. The second kappa shape index (κ2) is 6.21. The summed E-state index contributed by atoms with van der Waals surface area (Å²) in [4.78, 5) is 24.9. The molecule has 0 aliphatic carbocycles. The highest BCUT2D eigenvalue weighted by atomic mass is 19.4. The molecule has 0 radical (unpaired) electrons. The van der Waals surface area contributed by atoms with Gasteiger partial charge >= 0.3 is 6.18 Å². The first-order valence-electron chi connectivity index (χ1n) is 7.49. The quantitative estimate of drug-likeness (QED) is 0.733. The van der Waals surface area contributed by atoms with E-state index in [2.05, 4.69) is 5.32 Å². The van der Waals surface area contributed by atoms with Crippen molar-refractivity contribution < 1.29 is 23.1 Å². The first kappa shape index (κ1) is 17.5. The van der Waals surface area contributed by atoms with Gasteiger partial charge in [0.2, 0.25) is 0 Å². The minimum atomic E-state index is -4.57. The molecule has 0 atom stereocenters. The maximum Gasteiger partial charge on any atom is 0.416 e. The molecule has 0 saturated heterocycles. The van der Waals surface area contributed by atoms with E-state index in [-0.39, 0.29) is 11.1 Å². The van der Waals surface area contributed by atoms with Gasteiger partial charge in [0.05, 0.1) is 11.1 Å². The van der Waals surface area contributed by atoms with Crippen molar-refractivity contribution in [2.45, 2.75) is 6.18 Å². The Balaban J connectivity index is 2.06. The van der Waals surface area contributed by atoms with Crippen LogP contribution in [0.15, 0.2) is 53.3 Å². The summed E-state index contributed by atoms with van der Waals surface area (Å²) in [5, 5.41) is 12.8. The molecule has 0 aliphatic heterocycles. The Labute approximate surface area is 145 Å². The van der Waals surface area contributed by atoms with Crippen LogP contribution in [0, 0.1) is 0 Å². The van der Waals surface area contributed by atoms with Gasteiger partial charge in [-0.15, -0.1) is 0 Å².